The largest absolute Gasteiger partial charge is 0.492 e. The van der Waals surface area contributed by atoms with Crippen molar-refractivity contribution in [2.45, 2.75) is 70.4 Å². The number of nitrogens with one attached hydrogen (secondary N) is 2. The number of para-hydroxylation sites is 1. The third-order valence-electron chi connectivity index (χ3n) is 6.84. The number of fused-ring (bicyclic) bond motifs is 3. The molecule has 0 radical (unpaired) electrons. The fraction of sp³-hybridized carbons (Fsp3) is 0.560. The van der Waals surface area contributed by atoms with E-state index in [1.807, 2.05) is 25.1 Å². The predicted molar refractivity (Wildman–Crippen MR) is 122 cm³/mol. The number of H-pyrrole nitrogens is 1. The number of carbonyl (C=O) groups is 2. The smallest absolute Gasteiger partial charge is 0.225 e. The van der Waals surface area contributed by atoms with Crippen LogP contribution >= 0.6 is 0 Å². The lowest BCUT2D eigenvalue weighted by atomic mass is 9.87. The van der Waals surface area contributed by atoms with Crippen molar-refractivity contribution in [3.8, 4) is 11.8 Å². The Bertz CT molecular complexity index is 1010. The Morgan fingerprint density at radius 1 is 1.34 bits per heavy atom. The van der Waals surface area contributed by atoms with E-state index >= 15 is 0 Å². The minimum absolute atomic E-state index is 0.254. The molecule has 5 rings (SSSR count). The molecule has 0 bridgehead atoms. The maximum Gasteiger partial charge on any atom is 0.225 e. The maximum atomic E-state index is 12.9. The van der Waals surface area contributed by atoms with Gasteiger partial charge in [0, 0.05) is 42.1 Å². The van der Waals surface area contributed by atoms with Gasteiger partial charge in [-0.2, -0.15) is 5.26 Å². The Morgan fingerprint density at radius 3 is 2.75 bits per heavy atom. The zero-order chi connectivity index (χ0) is 22.6. The number of nitriles is 1. The second-order valence-corrected chi connectivity index (χ2v) is 8.99. The molecule has 2 N–H and O–H groups in total. The molecule has 7 nitrogen and oxygen atoms in total. The molecule has 2 saturated carbocycles. The number of ether oxygens (including phenoxy) is 1. The number of hydrogen-bond donors (Lipinski definition) is 2. The van der Waals surface area contributed by atoms with Gasteiger partial charge in [-0.05, 0) is 38.7 Å². The third kappa shape index (κ3) is 4.59. The molecule has 2 amide bonds. The van der Waals surface area contributed by atoms with Gasteiger partial charge in [0.1, 0.15) is 11.3 Å². The first-order valence-electron chi connectivity index (χ1n) is 11.8. The van der Waals surface area contributed by atoms with Gasteiger partial charge in [-0.15, -0.1) is 0 Å². The van der Waals surface area contributed by atoms with Crippen molar-refractivity contribution < 1.29 is 14.3 Å². The number of aromatic amines is 1. The van der Waals surface area contributed by atoms with E-state index in [9.17, 15) is 9.59 Å². The lowest BCUT2D eigenvalue weighted by Crippen LogP contribution is -2.40. The van der Waals surface area contributed by atoms with Crippen LogP contribution in [-0.2, 0) is 22.6 Å². The van der Waals surface area contributed by atoms with E-state index in [4.69, 9.17) is 10.00 Å². The summed E-state index contributed by atoms with van der Waals surface area (Å²) >= 11 is 0. The molecule has 3 aliphatic rings. The van der Waals surface area contributed by atoms with Crippen LogP contribution in [0.15, 0.2) is 18.2 Å². The van der Waals surface area contributed by atoms with Crippen molar-refractivity contribution >= 4 is 23.2 Å². The first-order chi connectivity index (χ1) is 15.6. The lowest BCUT2D eigenvalue weighted by molar-refractivity contribution is -0.137. The topological polar surface area (TPSA) is 98.2 Å². The molecular weight excluding hydrogens is 404 g/mol. The Kier molecular flexibility index (Phi) is 6.69. The highest BCUT2D eigenvalue weighted by molar-refractivity contribution is 5.90. The number of benzene rings is 1. The molecular formula is C25H32N4O3. The van der Waals surface area contributed by atoms with E-state index in [0.29, 0.717) is 18.9 Å². The molecule has 0 atom stereocenters. The molecule has 32 heavy (non-hydrogen) atoms. The van der Waals surface area contributed by atoms with Crippen LogP contribution in [0.2, 0.25) is 0 Å². The number of aromatic nitrogens is 1. The van der Waals surface area contributed by atoms with Crippen molar-refractivity contribution in [2.24, 2.45) is 5.92 Å². The van der Waals surface area contributed by atoms with Crippen molar-refractivity contribution in [2.75, 3.05) is 13.2 Å². The molecule has 1 aliphatic heterocycles. The van der Waals surface area contributed by atoms with Crippen LogP contribution in [0.4, 0.5) is 0 Å². The summed E-state index contributed by atoms with van der Waals surface area (Å²) in [4.78, 5) is 28.3. The number of rotatable bonds is 5. The van der Waals surface area contributed by atoms with Crippen molar-refractivity contribution in [3.63, 3.8) is 0 Å². The molecule has 170 valence electrons. The fourth-order valence-electron chi connectivity index (χ4n) is 4.81. The molecule has 2 heterocycles. The summed E-state index contributed by atoms with van der Waals surface area (Å²) in [7, 11) is 0. The first kappa shape index (κ1) is 22.2. The van der Waals surface area contributed by atoms with Gasteiger partial charge in [-0.1, -0.05) is 31.4 Å². The highest BCUT2D eigenvalue weighted by atomic mass is 16.5. The SMILES string of the molecule is CCOc1cccc2c3c([nH]c12)CCN(C(=O)C1CCCCC1)C3.N#CC1(NC=O)CC1. The lowest BCUT2D eigenvalue weighted by Gasteiger charge is -2.32. The third-order valence-corrected chi connectivity index (χ3v) is 6.84. The van der Waals surface area contributed by atoms with E-state index in [1.165, 1.54) is 35.9 Å². The minimum Gasteiger partial charge on any atom is -0.492 e. The number of amides is 2. The van der Waals surface area contributed by atoms with Crippen molar-refractivity contribution in [1.29, 1.82) is 5.26 Å². The van der Waals surface area contributed by atoms with E-state index in [2.05, 4.69) is 21.3 Å². The first-order valence-corrected chi connectivity index (χ1v) is 11.8. The second-order valence-electron chi connectivity index (χ2n) is 8.99. The molecule has 2 aromatic rings. The quantitative estimate of drug-likeness (QED) is 0.696. The highest BCUT2D eigenvalue weighted by Gasteiger charge is 2.42. The van der Waals surface area contributed by atoms with E-state index in [-0.39, 0.29) is 5.92 Å². The average molecular weight is 437 g/mol. The number of nitrogens with zero attached hydrogens (tertiary/aromatic N) is 2. The summed E-state index contributed by atoms with van der Waals surface area (Å²) in [5.41, 5.74) is 3.16. The molecule has 1 aromatic heterocycles. The van der Waals surface area contributed by atoms with Gasteiger partial charge < -0.3 is 19.9 Å². The highest BCUT2D eigenvalue weighted by Crippen LogP contribution is 2.35. The number of carbonyl (C=O) groups excluding carboxylic acids is 2. The van der Waals surface area contributed by atoms with Crippen LogP contribution in [0.3, 0.4) is 0 Å². The van der Waals surface area contributed by atoms with Crippen LogP contribution in [0, 0.1) is 17.2 Å². The molecule has 7 heteroatoms. The van der Waals surface area contributed by atoms with Gasteiger partial charge in [0.2, 0.25) is 12.3 Å². The van der Waals surface area contributed by atoms with Crippen LogP contribution in [-0.4, -0.2) is 40.9 Å². The zero-order valence-electron chi connectivity index (χ0n) is 18.8. The van der Waals surface area contributed by atoms with Gasteiger partial charge in [-0.25, -0.2) is 0 Å². The molecule has 0 saturated heterocycles. The molecule has 0 unspecified atom stereocenters. The summed E-state index contributed by atoms with van der Waals surface area (Å²) in [6.45, 7) is 4.24. The summed E-state index contributed by atoms with van der Waals surface area (Å²) in [6, 6.07) is 8.21. The summed E-state index contributed by atoms with van der Waals surface area (Å²) < 4.78 is 5.75. The average Bonchev–Trinajstić information content (AvgIpc) is 3.51. The minimum atomic E-state index is -0.470. The van der Waals surface area contributed by atoms with Gasteiger partial charge in [0.05, 0.1) is 18.2 Å². The zero-order valence-corrected chi connectivity index (χ0v) is 18.8. The van der Waals surface area contributed by atoms with Gasteiger partial charge in [0.15, 0.2) is 0 Å². The van der Waals surface area contributed by atoms with E-state index < -0.39 is 5.54 Å². The van der Waals surface area contributed by atoms with Gasteiger partial charge in [-0.3, -0.25) is 9.59 Å². The van der Waals surface area contributed by atoms with Crippen molar-refractivity contribution in [1.82, 2.24) is 15.2 Å². The number of hydrogen-bond acceptors (Lipinski definition) is 4. The predicted octanol–water partition coefficient (Wildman–Crippen LogP) is 3.82. The fourth-order valence-corrected chi connectivity index (χ4v) is 4.81. The maximum absolute atomic E-state index is 12.9. The van der Waals surface area contributed by atoms with Crippen LogP contribution < -0.4 is 10.1 Å². The monoisotopic (exact) mass is 436 g/mol. The molecule has 1 aromatic carbocycles. The van der Waals surface area contributed by atoms with E-state index in [0.717, 1.165) is 56.5 Å². The Morgan fingerprint density at radius 2 is 2.12 bits per heavy atom. The molecule has 0 spiro atoms. The summed E-state index contributed by atoms with van der Waals surface area (Å²) in [5.74, 6) is 1.54. The standard InChI is InChI=1S/C20H26N2O2.C5H6N2O/c1-2-24-18-10-6-9-15-16-13-22(12-11-17(16)21-19(15)18)20(23)14-7-4-3-5-8-14;6-3-5(1-2-5)7-4-8/h6,9-10,14,21H,2-5,7-8,11-13H2,1H3;4H,1-2H2,(H,7,8). The molecule has 2 aliphatic carbocycles. The Balaban J connectivity index is 0.000000260. The second kappa shape index (κ2) is 9.64. The summed E-state index contributed by atoms with van der Waals surface area (Å²) in [5, 5.41) is 12.0. The van der Waals surface area contributed by atoms with Gasteiger partial charge in [0.25, 0.3) is 0 Å². The van der Waals surface area contributed by atoms with Crippen LogP contribution in [0.1, 0.15) is 63.1 Å². The van der Waals surface area contributed by atoms with Crippen LogP contribution in [0.5, 0.6) is 5.75 Å². The van der Waals surface area contributed by atoms with E-state index in [1.54, 1.807) is 0 Å². The van der Waals surface area contributed by atoms with Crippen LogP contribution in [0.25, 0.3) is 10.9 Å². The Labute approximate surface area is 189 Å². The van der Waals surface area contributed by atoms with Crippen molar-refractivity contribution in [3.05, 3.63) is 29.5 Å². The summed E-state index contributed by atoms with van der Waals surface area (Å²) in [6.07, 6.45) is 8.96. The Hall–Kier alpha value is -3.01. The normalized spacial score (nSPS) is 19.2. The van der Waals surface area contributed by atoms with Gasteiger partial charge >= 0.3 is 0 Å². The molecule has 2 fully saturated rings.